The molecule has 0 spiro atoms. The van der Waals surface area contributed by atoms with Gasteiger partial charge in [0.2, 0.25) is 0 Å². The lowest BCUT2D eigenvalue weighted by atomic mass is 10.1. The zero-order chi connectivity index (χ0) is 14.8. The predicted molar refractivity (Wildman–Crippen MR) is 83.9 cm³/mol. The number of benzene rings is 1. The Bertz CT molecular complexity index is 626. The van der Waals surface area contributed by atoms with E-state index in [-0.39, 0.29) is 6.10 Å². The molecule has 1 aliphatic rings. The van der Waals surface area contributed by atoms with E-state index in [2.05, 4.69) is 24.2 Å². The average molecular weight is 304 g/mol. The van der Waals surface area contributed by atoms with Gasteiger partial charge in [-0.25, -0.2) is 0 Å². The van der Waals surface area contributed by atoms with Gasteiger partial charge in [0.05, 0.1) is 11.8 Å². The third-order valence-electron chi connectivity index (χ3n) is 3.77. The van der Waals surface area contributed by atoms with E-state index in [9.17, 15) is 5.11 Å². The number of aromatic nitrogens is 2. The fourth-order valence-electron chi connectivity index (χ4n) is 2.51. The van der Waals surface area contributed by atoms with Crippen LogP contribution in [0.15, 0.2) is 35.2 Å². The van der Waals surface area contributed by atoms with Gasteiger partial charge in [-0.05, 0) is 24.6 Å². The Morgan fingerprint density at radius 3 is 3.05 bits per heavy atom. The first kappa shape index (κ1) is 14.5. The molecule has 1 aromatic carbocycles. The van der Waals surface area contributed by atoms with Crippen LogP contribution in [0, 0.1) is 0 Å². The SMILES string of the molecule is CCc1cc(CC(O)C2CSc3ccccc3O2)n(C)n1. The Kier molecular flexibility index (Phi) is 4.22. The summed E-state index contributed by atoms with van der Waals surface area (Å²) in [6.07, 6.45) is 0.778. The molecule has 0 radical (unpaired) electrons. The van der Waals surface area contributed by atoms with Gasteiger partial charge in [0.1, 0.15) is 11.9 Å². The van der Waals surface area contributed by atoms with Crippen molar-refractivity contribution in [3.8, 4) is 5.75 Å². The van der Waals surface area contributed by atoms with Crippen molar-refractivity contribution in [2.24, 2.45) is 7.05 Å². The van der Waals surface area contributed by atoms with E-state index in [1.54, 1.807) is 11.8 Å². The van der Waals surface area contributed by atoms with Gasteiger partial charge in [-0.15, -0.1) is 11.8 Å². The van der Waals surface area contributed by atoms with Crippen LogP contribution in [-0.2, 0) is 19.9 Å². The minimum atomic E-state index is -0.522. The molecular weight excluding hydrogens is 284 g/mol. The topological polar surface area (TPSA) is 47.3 Å². The molecule has 21 heavy (non-hydrogen) atoms. The molecule has 2 unspecified atom stereocenters. The van der Waals surface area contributed by atoms with Gasteiger partial charge in [0.15, 0.2) is 0 Å². The van der Waals surface area contributed by atoms with E-state index in [0.717, 1.165) is 34.2 Å². The average Bonchev–Trinajstić information content (AvgIpc) is 2.87. The highest BCUT2D eigenvalue weighted by Gasteiger charge is 2.27. The summed E-state index contributed by atoms with van der Waals surface area (Å²) in [5.74, 6) is 1.65. The number of aliphatic hydroxyl groups is 1. The van der Waals surface area contributed by atoms with E-state index in [1.165, 1.54) is 0 Å². The molecule has 4 nitrogen and oxygen atoms in total. The minimum Gasteiger partial charge on any atom is -0.486 e. The van der Waals surface area contributed by atoms with Crippen LogP contribution in [0.5, 0.6) is 5.75 Å². The van der Waals surface area contributed by atoms with Crippen molar-refractivity contribution in [1.29, 1.82) is 0 Å². The number of rotatable bonds is 4. The van der Waals surface area contributed by atoms with Crippen LogP contribution in [0.1, 0.15) is 18.3 Å². The summed E-state index contributed by atoms with van der Waals surface area (Å²) in [5, 5.41) is 14.9. The zero-order valence-corrected chi connectivity index (χ0v) is 13.1. The van der Waals surface area contributed by atoms with E-state index in [4.69, 9.17) is 4.74 Å². The monoisotopic (exact) mass is 304 g/mol. The van der Waals surface area contributed by atoms with E-state index in [0.29, 0.717) is 6.42 Å². The van der Waals surface area contributed by atoms with E-state index in [1.807, 2.05) is 29.9 Å². The number of nitrogens with zero attached hydrogens (tertiary/aromatic N) is 2. The second-order valence-electron chi connectivity index (χ2n) is 5.29. The van der Waals surface area contributed by atoms with Crippen molar-refractivity contribution < 1.29 is 9.84 Å². The van der Waals surface area contributed by atoms with Crippen LogP contribution in [0.4, 0.5) is 0 Å². The summed E-state index contributed by atoms with van der Waals surface area (Å²) in [6, 6.07) is 10.0. The van der Waals surface area contributed by atoms with Crippen molar-refractivity contribution >= 4 is 11.8 Å². The number of ether oxygens (including phenoxy) is 1. The Hall–Kier alpha value is -1.46. The Balaban J connectivity index is 1.69. The number of fused-ring (bicyclic) bond motifs is 1. The molecule has 0 bridgehead atoms. The summed E-state index contributed by atoms with van der Waals surface area (Å²) in [5.41, 5.74) is 2.11. The Morgan fingerprint density at radius 1 is 1.48 bits per heavy atom. The maximum atomic E-state index is 10.5. The summed E-state index contributed by atoms with van der Waals surface area (Å²) in [6.45, 7) is 2.08. The fourth-order valence-corrected chi connectivity index (χ4v) is 3.57. The van der Waals surface area contributed by atoms with Gasteiger partial charge in [-0.3, -0.25) is 4.68 Å². The lowest BCUT2D eigenvalue weighted by Gasteiger charge is -2.29. The molecule has 1 aromatic heterocycles. The van der Waals surface area contributed by atoms with E-state index >= 15 is 0 Å². The first-order valence-electron chi connectivity index (χ1n) is 7.25. The van der Waals surface area contributed by atoms with Gasteiger partial charge in [-0.1, -0.05) is 19.1 Å². The Morgan fingerprint density at radius 2 is 2.29 bits per heavy atom. The molecule has 112 valence electrons. The molecular formula is C16H20N2O2S. The number of aryl methyl sites for hydroxylation is 2. The molecule has 3 rings (SSSR count). The largest absolute Gasteiger partial charge is 0.486 e. The molecule has 0 amide bonds. The van der Waals surface area contributed by atoms with Crippen molar-refractivity contribution in [3.05, 3.63) is 41.7 Å². The third kappa shape index (κ3) is 3.09. The maximum absolute atomic E-state index is 10.5. The van der Waals surface area contributed by atoms with Crippen LogP contribution >= 0.6 is 11.8 Å². The normalized spacial score (nSPS) is 18.9. The number of hydrogen-bond acceptors (Lipinski definition) is 4. The first-order chi connectivity index (χ1) is 10.2. The standard InChI is InChI=1S/C16H20N2O2S/c1-3-11-8-12(18(2)17-11)9-13(19)15-10-21-16-7-5-4-6-14(16)20-15/h4-8,13,15,19H,3,9-10H2,1-2H3. The fraction of sp³-hybridized carbons (Fsp3) is 0.438. The van der Waals surface area contributed by atoms with Gasteiger partial charge in [-0.2, -0.15) is 5.10 Å². The first-order valence-corrected chi connectivity index (χ1v) is 8.24. The van der Waals surface area contributed by atoms with Crippen LogP contribution < -0.4 is 4.74 Å². The lowest BCUT2D eigenvalue weighted by Crippen LogP contribution is -2.37. The Labute approximate surface area is 129 Å². The van der Waals surface area contributed by atoms with Crippen LogP contribution in [0.2, 0.25) is 0 Å². The van der Waals surface area contributed by atoms with Crippen LogP contribution in [-0.4, -0.2) is 32.8 Å². The summed E-state index contributed by atoms with van der Waals surface area (Å²) >= 11 is 1.74. The van der Waals surface area contributed by atoms with E-state index < -0.39 is 6.10 Å². The van der Waals surface area contributed by atoms with Crippen molar-refractivity contribution in [2.75, 3.05) is 5.75 Å². The number of hydrogen-bond donors (Lipinski definition) is 1. The molecule has 0 aliphatic carbocycles. The van der Waals surface area contributed by atoms with Gasteiger partial charge in [0.25, 0.3) is 0 Å². The molecule has 2 aromatic rings. The number of para-hydroxylation sites is 1. The smallest absolute Gasteiger partial charge is 0.134 e. The van der Waals surface area contributed by atoms with Crippen LogP contribution in [0.25, 0.3) is 0 Å². The lowest BCUT2D eigenvalue weighted by molar-refractivity contribution is 0.0456. The number of thioether (sulfide) groups is 1. The van der Waals surface area contributed by atoms with Crippen molar-refractivity contribution in [1.82, 2.24) is 9.78 Å². The highest BCUT2D eigenvalue weighted by Crippen LogP contribution is 2.36. The zero-order valence-electron chi connectivity index (χ0n) is 12.3. The molecule has 0 saturated carbocycles. The predicted octanol–water partition coefficient (Wildman–Crippen LogP) is 2.44. The summed E-state index contributed by atoms with van der Waals surface area (Å²) in [7, 11) is 1.92. The quantitative estimate of drug-likeness (QED) is 0.942. The van der Waals surface area contributed by atoms with Crippen molar-refractivity contribution in [3.63, 3.8) is 0 Å². The third-order valence-corrected chi connectivity index (χ3v) is 4.91. The second kappa shape index (κ2) is 6.12. The second-order valence-corrected chi connectivity index (χ2v) is 6.35. The maximum Gasteiger partial charge on any atom is 0.134 e. The molecule has 1 N–H and O–H groups in total. The van der Waals surface area contributed by atoms with Gasteiger partial charge in [0, 0.05) is 29.8 Å². The molecule has 2 atom stereocenters. The molecule has 5 heteroatoms. The molecule has 2 heterocycles. The molecule has 0 saturated heterocycles. The summed E-state index contributed by atoms with van der Waals surface area (Å²) < 4.78 is 7.79. The minimum absolute atomic E-state index is 0.176. The highest BCUT2D eigenvalue weighted by molar-refractivity contribution is 7.99. The summed E-state index contributed by atoms with van der Waals surface area (Å²) in [4.78, 5) is 1.15. The molecule has 1 aliphatic heterocycles. The van der Waals surface area contributed by atoms with Crippen molar-refractivity contribution in [2.45, 2.75) is 36.9 Å². The van der Waals surface area contributed by atoms with Gasteiger partial charge >= 0.3 is 0 Å². The number of aliphatic hydroxyl groups excluding tert-OH is 1. The highest BCUT2D eigenvalue weighted by atomic mass is 32.2. The van der Waals surface area contributed by atoms with Gasteiger partial charge < -0.3 is 9.84 Å². The molecule has 0 fully saturated rings. The van der Waals surface area contributed by atoms with Crippen LogP contribution in [0.3, 0.4) is 0 Å².